The van der Waals surface area contributed by atoms with Gasteiger partial charge in [0, 0.05) is 30.7 Å². The van der Waals surface area contributed by atoms with Crippen molar-refractivity contribution in [3.63, 3.8) is 0 Å². The lowest BCUT2D eigenvalue weighted by Gasteiger charge is -2.24. The van der Waals surface area contributed by atoms with Crippen molar-refractivity contribution in [2.24, 2.45) is 5.73 Å². The highest BCUT2D eigenvalue weighted by atomic mass is 19.1. The first-order chi connectivity index (χ1) is 7.58. The zero-order valence-electron chi connectivity index (χ0n) is 9.29. The average Bonchev–Trinajstić information content (AvgIpc) is 2.67. The van der Waals surface area contributed by atoms with Gasteiger partial charge >= 0.3 is 0 Å². The Labute approximate surface area is 94.0 Å². The lowest BCUT2D eigenvalue weighted by Crippen LogP contribution is -2.29. The molecule has 0 aliphatic carbocycles. The highest BCUT2D eigenvalue weighted by Gasteiger charge is 2.26. The van der Waals surface area contributed by atoms with Crippen LogP contribution in [0.3, 0.4) is 0 Å². The van der Waals surface area contributed by atoms with E-state index >= 15 is 0 Å². The Balaban J connectivity index is 2.20. The van der Waals surface area contributed by atoms with Gasteiger partial charge in [-0.3, -0.25) is 4.90 Å². The molecule has 1 heterocycles. The summed E-state index contributed by atoms with van der Waals surface area (Å²) in [5, 5.41) is 0. The molecule has 1 fully saturated rings. The standard InChI is InChI=1S/C12H16F2N2/c1-8(16-5-4-10(15)7-16)11-6-9(13)2-3-12(11)14/h2-3,6,8,10H,4-5,7,15H2,1H3. The third kappa shape index (κ3) is 2.23. The van der Waals surface area contributed by atoms with Crippen molar-refractivity contribution in [3.8, 4) is 0 Å². The molecule has 2 unspecified atom stereocenters. The molecule has 0 saturated carbocycles. The summed E-state index contributed by atoms with van der Waals surface area (Å²) < 4.78 is 26.6. The van der Waals surface area contributed by atoms with Crippen LogP contribution in [-0.2, 0) is 0 Å². The molecule has 2 atom stereocenters. The van der Waals surface area contributed by atoms with Crippen molar-refractivity contribution in [1.82, 2.24) is 4.90 Å². The first-order valence-electron chi connectivity index (χ1n) is 5.52. The molecule has 2 N–H and O–H groups in total. The van der Waals surface area contributed by atoms with Crippen molar-refractivity contribution >= 4 is 0 Å². The molecule has 0 aromatic heterocycles. The fourth-order valence-electron chi connectivity index (χ4n) is 2.20. The van der Waals surface area contributed by atoms with Crippen LogP contribution in [-0.4, -0.2) is 24.0 Å². The van der Waals surface area contributed by atoms with Gasteiger partial charge in [-0.2, -0.15) is 0 Å². The summed E-state index contributed by atoms with van der Waals surface area (Å²) in [6.07, 6.45) is 0.918. The molecule has 0 spiro atoms. The van der Waals surface area contributed by atoms with Gasteiger partial charge in [0.2, 0.25) is 0 Å². The molecule has 88 valence electrons. The van der Waals surface area contributed by atoms with Crippen molar-refractivity contribution in [3.05, 3.63) is 35.4 Å². The Morgan fingerprint density at radius 3 is 2.81 bits per heavy atom. The minimum atomic E-state index is -0.397. The van der Waals surface area contributed by atoms with Gasteiger partial charge in [-0.05, 0) is 31.5 Å². The van der Waals surface area contributed by atoms with Gasteiger partial charge in [-0.1, -0.05) is 0 Å². The molecule has 2 rings (SSSR count). The van der Waals surface area contributed by atoms with Gasteiger partial charge in [-0.15, -0.1) is 0 Å². The summed E-state index contributed by atoms with van der Waals surface area (Å²) in [7, 11) is 0. The second-order valence-corrected chi connectivity index (χ2v) is 4.39. The van der Waals surface area contributed by atoms with Crippen LogP contribution in [0.4, 0.5) is 8.78 Å². The van der Waals surface area contributed by atoms with Crippen LogP contribution in [0.5, 0.6) is 0 Å². The molecule has 16 heavy (non-hydrogen) atoms. The van der Waals surface area contributed by atoms with Crippen LogP contribution in [0.15, 0.2) is 18.2 Å². The maximum absolute atomic E-state index is 13.5. The maximum atomic E-state index is 13.5. The van der Waals surface area contributed by atoms with Gasteiger partial charge in [0.1, 0.15) is 11.6 Å². The second kappa shape index (κ2) is 4.47. The molecular weight excluding hydrogens is 210 g/mol. The highest BCUT2D eigenvalue weighted by molar-refractivity contribution is 5.22. The third-order valence-electron chi connectivity index (χ3n) is 3.21. The minimum absolute atomic E-state index is 0.121. The number of likely N-dealkylation sites (tertiary alicyclic amines) is 1. The summed E-state index contributed by atoms with van der Waals surface area (Å²) in [4.78, 5) is 2.09. The molecule has 0 radical (unpaired) electrons. The largest absolute Gasteiger partial charge is 0.326 e. The molecule has 1 aliphatic heterocycles. The predicted molar refractivity (Wildman–Crippen MR) is 58.9 cm³/mol. The molecular formula is C12H16F2N2. The summed E-state index contributed by atoms with van der Waals surface area (Å²) in [6, 6.07) is 3.62. The monoisotopic (exact) mass is 226 g/mol. The van der Waals surface area contributed by atoms with Gasteiger partial charge in [0.15, 0.2) is 0 Å². The number of hydrogen-bond acceptors (Lipinski definition) is 2. The first kappa shape index (κ1) is 11.5. The van der Waals surface area contributed by atoms with E-state index < -0.39 is 5.82 Å². The van der Waals surface area contributed by atoms with E-state index in [0.717, 1.165) is 25.6 Å². The van der Waals surface area contributed by atoms with Crippen molar-refractivity contribution in [1.29, 1.82) is 0 Å². The molecule has 1 saturated heterocycles. The van der Waals surface area contributed by atoms with Crippen molar-refractivity contribution in [2.45, 2.75) is 25.4 Å². The van der Waals surface area contributed by atoms with Crippen molar-refractivity contribution < 1.29 is 8.78 Å². The molecule has 4 heteroatoms. The fourth-order valence-corrected chi connectivity index (χ4v) is 2.20. The minimum Gasteiger partial charge on any atom is -0.326 e. The molecule has 1 aromatic rings. The third-order valence-corrected chi connectivity index (χ3v) is 3.21. The average molecular weight is 226 g/mol. The topological polar surface area (TPSA) is 29.3 Å². The van der Waals surface area contributed by atoms with Gasteiger partial charge in [0.25, 0.3) is 0 Å². The Bertz CT molecular complexity index is 381. The highest BCUT2D eigenvalue weighted by Crippen LogP contribution is 2.26. The second-order valence-electron chi connectivity index (χ2n) is 4.39. The van der Waals surface area contributed by atoms with E-state index in [1.54, 1.807) is 0 Å². The Kier molecular flexibility index (Phi) is 3.21. The molecule has 1 aromatic carbocycles. The fraction of sp³-hybridized carbons (Fsp3) is 0.500. The van der Waals surface area contributed by atoms with Gasteiger partial charge in [0.05, 0.1) is 0 Å². The molecule has 0 bridgehead atoms. The van der Waals surface area contributed by atoms with Crippen LogP contribution in [0.2, 0.25) is 0 Å². The first-order valence-corrected chi connectivity index (χ1v) is 5.52. The predicted octanol–water partition coefficient (Wildman–Crippen LogP) is 2.06. The normalized spacial score (nSPS) is 23.6. The van der Waals surface area contributed by atoms with Crippen LogP contribution in [0, 0.1) is 11.6 Å². The summed E-state index contributed by atoms with van der Waals surface area (Å²) >= 11 is 0. The van der Waals surface area contributed by atoms with Crippen LogP contribution in [0.25, 0.3) is 0 Å². The summed E-state index contributed by atoms with van der Waals surface area (Å²) in [5.41, 5.74) is 6.21. The number of nitrogens with two attached hydrogens (primary N) is 1. The lowest BCUT2D eigenvalue weighted by molar-refractivity contribution is 0.254. The van der Waals surface area contributed by atoms with E-state index in [4.69, 9.17) is 5.73 Å². The molecule has 2 nitrogen and oxygen atoms in total. The number of hydrogen-bond donors (Lipinski definition) is 1. The SMILES string of the molecule is CC(c1cc(F)ccc1F)N1CCC(N)C1. The maximum Gasteiger partial charge on any atom is 0.128 e. The van der Waals surface area contributed by atoms with E-state index in [-0.39, 0.29) is 17.9 Å². The number of nitrogens with zero attached hydrogens (tertiary/aromatic N) is 1. The number of halogens is 2. The van der Waals surface area contributed by atoms with Gasteiger partial charge in [-0.25, -0.2) is 8.78 Å². The molecule has 0 amide bonds. The van der Waals surface area contributed by atoms with E-state index in [9.17, 15) is 8.78 Å². The van der Waals surface area contributed by atoms with Crippen molar-refractivity contribution in [2.75, 3.05) is 13.1 Å². The molecule has 1 aliphatic rings. The summed E-state index contributed by atoms with van der Waals surface area (Å²) in [5.74, 6) is -0.749. The Morgan fingerprint density at radius 1 is 1.44 bits per heavy atom. The van der Waals surface area contributed by atoms with Gasteiger partial charge < -0.3 is 5.73 Å². The lowest BCUT2D eigenvalue weighted by atomic mass is 10.1. The number of benzene rings is 1. The summed E-state index contributed by atoms with van der Waals surface area (Å²) in [6.45, 7) is 3.48. The van der Waals surface area contributed by atoms with E-state index in [1.807, 2.05) is 6.92 Å². The van der Waals surface area contributed by atoms with Crippen LogP contribution in [0.1, 0.15) is 24.9 Å². The van der Waals surface area contributed by atoms with E-state index in [0.29, 0.717) is 5.56 Å². The smallest absolute Gasteiger partial charge is 0.128 e. The van der Waals surface area contributed by atoms with Crippen LogP contribution < -0.4 is 5.73 Å². The number of rotatable bonds is 2. The van der Waals surface area contributed by atoms with E-state index in [1.165, 1.54) is 12.1 Å². The Hall–Kier alpha value is -1.00. The zero-order chi connectivity index (χ0) is 11.7. The van der Waals surface area contributed by atoms with Crippen LogP contribution >= 0.6 is 0 Å². The zero-order valence-corrected chi connectivity index (χ0v) is 9.29. The van der Waals surface area contributed by atoms with E-state index in [2.05, 4.69) is 4.90 Å². The Morgan fingerprint density at radius 2 is 2.19 bits per heavy atom. The quantitative estimate of drug-likeness (QED) is 0.836.